The summed E-state index contributed by atoms with van der Waals surface area (Å²) in [5, 5.41) is -0.736. The van der Waals surface area contributed by atoms with Crippen LogP contribution in [-0.2, 0) is 9.86 Å². The van der Waals surface area contributed by atoms with E-state index >= 15 is 0 Å². The molecule has 3 rings (SSSR count). The molecule has 2 aromatic carbocycles. The minimum absolute atomic E-state index is 0.607. The van der Waals surface area contributed by atoms with E-state index in [2.05, 4.69) is 6.07 Å². The molecule has 0 fully saturated rings. The maximum absolute atomic E-state index is 6.06. The van der Waals surface area contributed by atoms with Gasteiger partial charge in [0, 0.05) is 12.2 Å². The van der Waals surface area contributed by atoms with Crippen molar-refractivity contribution in [3.8, 4) is 5.75 Å². The topological polar surface area (TPSA) is 18.5 Å². The molecule has 1 heterocycles. The van der Waals surface area contributed by atoms with Crippen molar-refractivity contribution in [2.75, 3.05) is 6.61 Å². The maximum Gasteiger partial charge on any atom is 0.292 e. The van der Waals surface area contributed by atoms with Crippen molar-refractivity contribution in [3.05, 3.63) is 60.2 Å². The van der Waals surface area contributed by atoms with Crippen LogP contribution in [0.4, 0.5) is 0 Å². The molecular formula is C15H14O2S. The molecule has 1 atom stereocenters. The highest BCUT2D eigenvalue weighted by Gasteiger charge is 2.43. The van der Waals surface area contributed by atoms with Crippen LogP contribution in [0.3, 0.4) is 0 Å². The third-order valence-corrected chi connectivity index (χ3v) is 4.06. The Morgan fingerprint density at radius 1 is 1.06 bits per heavy atom. The smallest absolute Gasteiger partial charge is 0.292 e. The van der Waals surface area contributed by atoms with Crippen molar-refractivity contribution in [1.82, 2.24) is 0 Å². The summed E-state index contributed by atoms with van der Waals surface area (Å²) < 4.78 is 12.0. The minimum atomic E-state index is -0.736. The van der Waals surface area contributed by atoms with Gasteiger partial charge in [0.05, 0.1) is 4.90 Å². The van der Waals surface area contributed by atoms with Gasteiger partial charge in [-0.15, -0.1) is 0 Å². The monoisotopic (exact) mass is 258 g/mol. The number of thioether (sulfide) groups is 1. The Labute approximate surface area is 111 Å². The summed E-state index contributed by atoms with van der Waals surface area (Å²) in [5.74, 6) is 0.889. The molecular weight excluding hydrogens is 244 g/mol. The fourth-order valence-corrected chi connectivity index (χ4v) is 3.23. The Hall–Kier alpha value is -1.45. The van der Waals surface area contributed by atoms with Crippen LogP contribution in [0.1, 0.15) is 12.5 Å². The Balaban J connectivity index is 2.02. The van der Waals surface area contributed by atoms with Crippen LogP contribution >= 0.6 is 11.8 Å². The summed E-state index contributed by atoms with van der Waals surface area (Å²) in [6.45, 7) is 2.59. The average Bonchev–Trinajstić information content (AvgIpc) is 2.79. The van der Waals surface area contributed by atoms with Gasteiger partial charge in [-0.2, -0.15) is 0 Å². The van der Waals surface area contributed by atoms with Gasteiger partial charge in [0.25, 0.3) is 5.12 Å². The Bertz CT molecular complexity index is 514. The number of para-hydroxylation sites is 1. The lowest BCUT2D eigenvalue weighted by Gasteiger charge is -2.27. The first-order chi connectivity index (χ1) is 8.84. The highest BCUT2D eigenvalue weighted by Crippen LogP contribution is 2.53. The molecule has 2 aromatic rings. The molecule has 1 unspecified atom stereocenters. The average molecular weight is 258 g/mol. The highest BCUT2D eigenvalue weighted by molar-refractivity contribution is 8.00. The first-order valence-electron chi connectivity index (χ1n) is 6.00. The predicted octanol–water partition coefficient (Wildman–Crippen LogP) is 4.02. The van der Waals surface area contributed by atoms with Gasteiger partial charge in [-0.3, -0.25) is 0 Å². The summed E-state index contributed by atoms with van der Waals surface area (Å²) in [6.07, 6.45) is 0. The number of ether oxygens (including phenoxy) is 2. The molecule has 0 radical (unpaired) electrons. The fraction of sp³-hybridized carbons (Fsp3) is 0.200. The van der Waals surface area contributed by atoms with Crippen molar-refractivity contribution < 1.29 is 9.47 Å². The van der Waals surface area contributed by atoms with Crippen LogP contribution in [0.25, 0.3) is 0 Å². The van der Waals surface area contributed by atoms with E-state index in [1.807, 2.05) is 55.5 Å². The van der Waals surface area contributed by atoms with Crippen LogP contribution in [0.5, 0.6) is 5.75 Å². The van der Waals surface area contributed by atoms with Gasteiger partial charge in [-0.25, -0.2) is 0 Å². The van der Waals surface area contributed by atoms with E-state index in [4.69, 9.17) is 9.47 Å². The molecule has 0 aliphatic carbocycles. The van der Waals surface area contributed by atoms with Crippen LogP contribution in [0, 0.1) is 0 Å². The molecule has 1 aliphatic heterocycles. The first kappa shape index (κ1) is 11.6. The molecule has 1 aliphatic rings. The van der Waals surface area contributed by atoms with Crippen LogP contribution in [-0.4, -0.2) is 6.61 Å². The van der Waals surface area contributed by atoms with Gasteiger partial charge in [0.15, 0.2) is 0 Å². The molecule has 0 bridgehead atoms. The summed E-state index contributed by atoms with van der Waals surface area (Å²) in [7, 11) is 0. The van der Waals surface area contributed by atoms with Crippen LogP contribution < -0.4 is 4.74 Å². The quantitative estimate of drug-likeness (QED) is 0.828. The summed E-state index contributed by atoms with van der Waals surface area (Å²) in [4.78, 5) is 1.12. The van der Waals surface area contributed by atoms with Crippen molar-refractivity contribution in [3.63, 3.8) is 0 Å². The van der Waals surface area contributed by atoms with Crippen molar-refractivity contribution in [2.24, 2.45) is 0 Å². The van der Waals surface area contributed by atoms with Gasteiger partial charge in [0.1, 0.15) is 5.75 Å². The molecule has 18 heavy (non-hydrogen) atoms. The Morgan fingerprint density at radius 3 is 2.50 bits per heavy atom. The largest absolute Gasteiger partial charge is 0.447 e. The molecule has 0 spiro atoms. The summed E-state index contributed by atoms with van der Waals surface area (Å²) in [6, 6.07) is 18.1. The number of benzene rings is 2. The number of rotatable bonds is 3. The van der Waals surface area contributed by atoms with E-state index in [-0.39, 0.29) is 0 Å². The molecule has 92 valence electrons. The second kappa shape index (κ2) is 4.67. The van der Waals surface area contributed by atoms with Crippen molar-refractivity contribution in [2.45, 2.75) is 16.9 Å². The van der Waals surface area contributed by atoms with Gasteiger partial charge in [-0.05, 0) is 30.8 Å². The van der Waals surface area contributed by atoms with E-state index in [1.54, 1.807) is 11.8 Å². The third-order valence-electron chi connectivity index (χ3n) is 2.80. The lowest BCUT2D eigenvalue weighted by atomic mass is 10.2. The maximum atomic E-state index is 6.06. The van der Waals surface area contributed by atoms with Gasteiger partial charge >= 0.3 is 0 Å². The Kier molecular flexibility index (Phi) is 3.02. The zero-order valence-electron chi connectivity index (χ0n) is 10.1. The molecule has 0 saturated heterocycles. The molecule has 3 heteroatoms. The standard InChI is InChI=1S/C15H14O2S/c1-2-16-15(12-8-4-3-5-9-12)17-13-10-6-7-11-14(13)18-15/h3-11H,2H2,1H3. The molecule has 2 nitrogen and oxygen atoms in total. The molecule has 0 saturated carbocycles. The zero-order valence-corrected chi connectivity index (χ0v) is 10.9. The van der Waals surface area contributed by atoms with E-state index in [9.17, 15) is 0 Å². The second-order valence-electron chi connectivity index (χ2n) is 4.01. The number of hydrogen-bond acceptors (Lipinski definition) is 3. The summed E-state index contributed by atoms with van der Waals surface area (Å²) in [5.41, 5.74) is 1.04. The van der Waals surface area contributed by atoms with E-state index in [0.29, 0.717) is 6.61 Å². The molecule has 0 N–H and O–H groups in total. The van der Waals surface area contributed by atoms with Gasteiger partial charge in [0.2, 0.25) is 0 Å². The molecule has 0 aromatic heterocycles. The zero-order chi connectivity index (χ0) is 12.4. The molecule has 0 amide bonds. The second-order valence-corrected chi connectivity index (χ2v) is 5.19. The van der Waals surface area contributed by atoms with E-state index < -0.39 is 5.12 Å². The van der Waals surface area contributed by atoms with Crippen LogP contribution in [0.15, 0.2) is 59.5 Å². The highest BCUT2D eigenvalue weighted by atomic mass is 32.2. The van der Waals surface area contributed by atoms with E-state index in [1.165, 1.54) is 0 Å². The van der Waals surface area contributed by atoms with Crippen molar-refractivity contribution >= 4 is 11.8 Å². The van der Waals surface area contributed by atoms with Gasteiger partial charge < -0.3 is 9.47 Å². The fourth-order valence-electron chi connectivity index (χ4n) is 2.02. The Morgan fingerprint density at radius 2 is 1.78 bits per heavy atom. The third kappa shape index (κ3) is 1.89. The first-order valence-corrected chi connectivity index (χ1v) is 6.82. The van der Waals surface area contributed by atoms with E-state index in [0.717, 1.165) is 16.2 Å². The van der Waals surface area contributed by atoms with Gasteiger partial charge in [-0.1, -0.05) is 42.5 Å². The number of fused-ring (bicyclic) bond motifs is 1. The predicted molar refractivity (Wildman–Crippen MR) is 72.7 cm³/mol. The van der Waals surface area contributed by atoms with Crippen LogP contribution in [0.2, 0.25) is 0 Å². The normalized spacial score (nSPS) is 21.4. The minimum Gasteiger partial charge on any atom is -0.447 e. The SMILES string of the molecule is CCOC1(c2ccccc2)Oc2ccccc2S1. The lowest BCUT2D eigenvalue weighted by Crippen LogP contribution is -2.29. The number of hydrogen-bond donors (Lipinski definition) is 0. The lowest BCUT2D eigenvalue weighted by molar-refractivity contribution is -0.108. The van der Waals surface area contributed by atoms with Crippen molar-refractivity contribution in [1.29, 1.82) is 0 Å². The summed E-state index contributed by atoms with van der Waals surface area (Å²) >= 11 is 1.62.